The van der Waals surface area contributed by atoms with Crippen molar-refractivity contribution in [2.24, 2.45) is 0 Å². The highest BCUT2D eigenvalue weighted by Gasteiger charge is 2.36. The van der Waals surface area contributed by atoms with E-state index in [9.17, 15) is 4.79 Å². The standard InChI is InChI=1S/C13H19NO3S/c1-9-10(11(15)16)18-12(14-9)13(17-2)7-5-3-4-6-8-13/h3-8H2,1-2H3,(H,15,16). The Labute approximate surface area is 111 Å². The van der Waals surface area contributed by atoms with Crippen molar-refractivity contribution in [3.63, 3.8) is 0 Å². The third-order valence-electron chi connectivity index (χ3n) is 3.68. The second-order valence-corrected chi connectivity index (χ2v) is 5.85. The van der Waals surface area contributed by atoms with E-state index in [4.69, 9.17) is 9.84 Å². The predicted molar refractivity (Wildman–Crippen MR) is 70.2 cm³/mol. The molecule has 0 atom stereocenters. The fraction of sp³-hybridized carbons (Fsp3) is 0.692. The Balaban J connectivity index is 2.37. The first kappa shape index (κ1) is 13.5. The maximum Gasteiger partial charge on any atom is 0.347 e. The van der Waals surface area contributed by atoms with E-state index in [1.54, 1.807) is 14.0 Å². The van der Waals surface area contributed by atoms with E-state index in [0.29, 0.717) is 10.6 Å². The van der Waals surface area contributed by atoms with Crippen molar-refractivity contribution in [3.05, 3.63) is 15.6 Å². The Kier molecular flexibility index (Phi) is 4.02. The van der Waals surface area contributed by atoms with Gasteiger partial charge >= 0.3 is 5.97 Å². The monoisotopic (exact) mass is 269 g/mol. The maximum absolute atomic E-state index is 11.1. The first-order valence-corrected chi connectivity index (χ1v) is 7.17. The SMILES string of the molecule is COC1(c2nc(C)c(C(=O)O)s2)CCCCCC1. The zero-order valence-electron chi connectivity index (χ0n) is 10.9. The number of carbonyl (C=O) groups is 1. The fourth-order valence-corrected chi connectivity index (χ4v) is 3.72. The summed E-state index contributed by atoms with van der Waals surface area (Å²) in [5, 5.41) is 9.95. The Morgan fingerprint density at radius 3 is 2.39 bits per heavy atom. The smallest absolute Gasteiger partial charge is 0.347 e. The van der Waals surface area contributed by atoms with Crippen LogP contribution in [0.3, 0.4) is 0 Å². The van der Waals surface area contributed by atoms with Gasteiger partial charge in [0.25, 0.3) is 0 Å². The van der Waals surface area contributed by atoms with Crippen LogP contribution in [0.15, 0.2) is 0 Å². The van der Waals surface area contributed by atoms with Crippen molar-refractivity contribution in [1.82, 2.24) is 4.98 Å². The lowest BCUT2D eigenvalue weighted by molar-refractivity contribution is -0.0280. The highest BCUT2D eigenvalue weighted by atomic mass is 32.1. The van der Waals surface area contributed by atoms with Crippen molar-refractivity contribution in [2.75, 3.05) is 7.11 Å². The second-order valence-electron chi connectivity index (χ2n) is 4.85. The number of nitrogens with zero attached hydrogens (tertiary/aromatic N) is 1. The average molecular weight is 269 g/mol. The largest absolute Gasteiger partial charge is 0.477 e. The van der Waals surface area contributed by atoms with Gasteiger partial charge in [0.15, 0.2) is 0 Å². The van der Waals surface area contributed by atoms with Crippen LogP contribution >= 0.6 is 11.3 Å². The van der Waals surface area contributed by atoms with Crippen molar-refractivity contribution in [1.29, 1.82) is 0 Å². The number of carboxylic acids is 1. The number of carboxylic acid groups (broad SMARTS) is 1. The van der Waals surface area contributed by atoms with Crippen LogP contribution in [0.2, 0.25) is 0 Å². The summed E-state index contributed by atoms with van der Waals surface area (Å²) in [6.45, 7) is 1.75. The summed E-state index contributed by atoms with van der Waals surface area (Å²) in [6.07, 6.45) is 6.57. The first-order chi connectivity index (χ1) is 8.59. The summed E-state index contributed by atoms with van der Waals surface area (Å²) in [7, 11) is 1.71. The van der Waals surface area contributed by atoms with Gasteiger partial charge in [0.1, 0.15) is 15.5 Å². The molecular formula is C13H19NO3S. The molecule has 100 valence electrons. The van der Waals surface area contributed by atoms with Crippen molar-refractivity contribution < 1.29 is 14.6 Å². The van der Waals surface area contributed by atoms with Gasteiger partial charge in [-0.2, -0.15) is 0 Å². The maximum atomic E-state index is 11.1. The van der Waals surface area contributed by atoms with E-state index < -0.39 is 5.97 Å². The van der Waals surface area contributed by atoms with Gasteiger partial charge in [-0.25, -0.2) is 9.78 Å². The number of thiazole rings is 1. The summed E-state index contributed by atoms with van der Waals surface area (Å²) in [5.74, 6) is -0.892. The van der Waals surface area contributed by atoms with Gasteiger partial charge in [-0.15, -0.1) is 11.3 Å². The van der Waals surface area contributed by atoms with E-state index in [0.717, 1.165) is 30.7 Å². The molecule has 0 radical (unpaired) electrons. The van der Waals surface area contributed by atoms with Gasteiger partial charge in [-0.05, 0) is 19.8 Å². The molecule has 1 aromatic heterocycles. The minimum absolute atomic E-state index is 0.339. The zero-order chi connectivity index (χ0) is 13.2. The van der Waals surface area contributed by atoms with E-state index in [2.05, 4.69) is 4.98 Å². The van der Waals surface area contributed by atoms with Crippen LogP contribution in [0.25, 0.3) is 0 Å². The molecule has 0 saturated heterocycles. The third-order valence-corrected chi connectivity index (χ3v) is 5.01. The predicted octanol–water partition coefficient (Wildman–Crippen LogP) is 3.35. The minimum Gasteiger partial charge on any atom is -0.477 e. The van der Waals surface area contributed by atoms with Gasteiger partial charge in [0, 0.05) is 7.11 Å². The average Bonchev–Trinajstić information content (AvgIpc) is 2.61. The molecule has 1 N–H and O–H groups in total. The number of aromatic nitrogens is 1. The summed E-state index contributed by atoms with van der Waals surface area (Å²) < 4.78 is 5.75. The molecular weight excluding hydrogens is 250 g/mol. The van der Waals surface area contributed by atoms with Crippen LogP contribution in [-0.4, -0.2) is 23.2 Å². The molecule has 5 heteroatoms. The van der Waals surface area contributed by atoms with Gasteiger partial charge in [-0.1, -0.05) is 25.7 Å². The molecule has 0 unspecified atom stereocenters. The highest BCUT2D eigenvalue weighted by molar-refractivity contribution is 7.13. The molecule has 18 heavy (non-hydrogen) atoms. The first-order valence-electron chi connectivity index (χ1n) is 6.35. The fourth-order valence-electron chi connectivity index (χ4n) is 2.59. The molecule has 1 aromatic rings. The number of ether oxygens (including phenoxy) is 1. The molecule has 1 fully saturated rings. The molecule has 2 rings (SSSR count). The summed E-state index contributed by atoms with van der Waals surface area (Å²) >= 11 is 1.27. The second kappa shape index (κ2) is 5.36. The third kappa shape index (κ3) is 2.42. The zero-order valence-corrected chi connectivity index (χ0v) is 11.7. The lowest BCUT2D eigenvalue weighted by atomic mass is 9.95. The molecule has 4 nitrogen and oxygen atoms in total. The van der Waals surface area contributed by atoms with E-state index >= 15 is 0 Å². The number of hydrogen-bond acceptors (Lipinski definition) is 4. The van der Waals surface area contributed by atoms with Crippen molar-refractivity contribution >= 4 is 17.3 Å². The quantitative estimate of drug-likeness (QED) is 0.855. The van der Waals surface area contributed by atoms with Crippen LogP contribution in [0.1, 0.15) is 58.9 Å². The van der Waals surface area contributed by atoms with Gasteiger partial charge in [0.2, 0.25) is 0 Å². The molecule has 1 aliphatic rings. The normalized spacial score (nSPS) is 19.4. The molecule has 1 saturated carbocycles. The number of rotatable bonds is 3. The number of methoxy groups -OCH3 is 1. The Morgan fingerprint density at radius 2 is 1.94 bits per heavy atom. The lowest BCUT2D eigenvalue weighted by Crippen LogP contribution is -2.27. The van der Waals surface area contributed by atoms with Crippen molar-refractivity contribution in [3.8, 4) is 0 Å². The Bertz CT molecular complexity index is 433. The molecule has 0 spiro atoms. The van der Waals surface area contributed by atoms with E-state index in [1.807, 2.05) is 0 Å². The lowest BCUT2D eigenvalue weighted by Gasteiger charge is -2.29. The van der Waals surface area contributed by atoms with Crippen LogP contribution in [0, 0.1) is 6.92 Å². The molecule has 1 heterocycles. The minimum atomic E-state index is -0.892. The van der Waals surface area contributed by atoms with Gasteiger partial charge in [-0.3, -0.25) is 0 Å². The number of hydrogen-bond donors (Lipinski definition) is 1. The van der Waals surface area contributed by atoms with E-state index in [-0.39, 0.29) is 5.60 Å². The molecule has 0 aliphatic heterocycles. The van der Waals surface area contributed by atoms with Crippen LogP contribution < -0.4 is 0 Å². The Morgan fingerprint density at radius 1 is 1.33 bits per heavy atom. The van der Waals surface area contributed by atoms with Crippen LogP contribution in [0.5, 0.6) is 0 Å². The summed E-state index contributed by atoms with van der Waals surface area (Å²) in [6, 6.07) is 0. The van der Waals surface area contributed by atoms with Crippen molar-refractivity contribution in [2.45, 2.75) is 51.0 Å². The van der Waals surface area contributed by atoms with Crippen LogP contribution in [-0.2, 0) is 10.3 Å². The van der Waals surface area contributed by atoms with Gasteiger partial charge in [0.05, 0.1) is 5.69 Å². The van der Waals surface area contributed by atoms with E-state index in [1.165, 1.54) is 24.2 Å². The number of aromatic carboxylic acids is 1. The summed E-state index contributed by atoms with van der Waals surface area (Å²) in [5.41, 5.74) is 0.239. The Hall–Kier alpha value is -0.940. The molecule has 1 aliphatic carbocycles. The summed E-state index contributed by atoms with van der Waals surface area (Å²) in [4.78, 5) is 15.9. The molecule has 0 aromatic carbocycles. The number of aryl methyl sites for hydroxylation is 1. The van der Waals surface area contributed by atoms with Crippen LogP contribution in [0.4, 0.5) is 0 Å². The topological polar surface area (TPSA) is 59.4 Å². The van der Waals surface area contributed by atoms with Gasteiger partial charge < -0.3 is 9.84 Å². The molecule has 0 amide bonds. The molecule has 0 bridgehead atoms. The highest BCUT2D eigenvalue weighted by Crippen LogP contribution is 2.41.